The first-order valence-corrected chi connectivity index (χ1v) is 8.26. The first-order chi connectivity index (χ1) is 10.8. The van der Waals surface area contributed by atoms with Crippen molar-refractivity contribution in [2.24, 2.45) is 0 Å². The van der Waals surface area contributed by atoms with Crippen molar-refractivity contribution in [2.75, 3.05) is 44.7 Å². The van der Waals surface area contributed by atoms with Crippen LogP contribution in [0.4, 0.5) is 5.95 Å². The Labute approximate surface area is 132 Å². The van der Waals surface area contributed by atoms with E-state index >= 15 is 0 Å². The maximum absolute atomic E-state index is 12.0. The van der Waals surface area contributed by atoms with Crippen LogP contribution in [0.5, 0.6) is 0 Å². The van der Waals surface area contributed by atoms with E-state index in [1.807, 2.05) is 17.5 Å². The molecule has 7 nitrogen and oxygen atoms in total. The average molecular weight is 321 g/mol. The third-order valence-corrected chi connectivity index (χ3v) is 4.38. The molecule has 1 aliphatic rings. The SMILES string of the molecule is O=c1[nH]c(NCCCN2CCOCC2)nnc1-c1cccs1. The fraction of sp³-hybridized carbons (Fsp3) is 0.500. The monoisotopic (exact) mass is 321 g/mol. The summed E-state index contributed by atoms with van der Waals surface area (Å²) in [7, 11) is 0. The number of nitrogens with one attached hydrogen (secondary N) is 2. The lowest BCUT2D eigenvalue weighted by atomic mass is 10.3. The molecule has 3 rings (SSSR count). The number of aromatic amines is 1. The van der Waals surface area contributed by atoms with E-state index in [0.717, 1.165) is 50.7 Å². The Bertz CT molecular complexity index is 637. The van der Waals surface area contributed by atoms with Crippen molar-refractivity contribution in [3.05, 3.63) is 27.9 Å². The number of nitrogens with zero attached hydrogens (tertiary/aromatic N) is 3. The molecular weight excluding hydrogens is 302 g/mol. The highest BCUT2D eigenvalue weighted by molar-refractivity contribution is 7.13. The Morgan fingerprint density at radius 1 is 1.36 bits per heavy atom. The molecule has 1 saturated heterocycles. The molecule has 2 aromatic rings. The van der Waals surface area contributed by atoms with Gasteiger partial charge in [-0.25, -0.2) is 0 Å². The topological polar surface area (TPSA) is 83.1 Å². The van der Waals surface area contributed by atoms with E-state index in [0.29, 0.717) is 11.6 Å². The lowest BCUT2D eigenvalue weighted by Gasteiger charge is -2.26. The number of aromatic nitrogens is 3. The molecule has 3 heterocycles. The number of H-pyrrole nitrogens is 1. The first kappa shape index (κ1) is 15.1. The Balaban J connectivity index is 1.49. The Kier molecular flexibility index (Phi) is 5.15. The molecule has 1 fully saturated rings. The van der Waals surface area contributed by atoms with Gasteiger partial charge in [-0.05, 0) is 24.4 Å². The number of rotatable bonds is 6. The van der Waals surface area contributed by atoms with Crippen LogP contribution in [0.1, 0.15) is 6.42 Å². The van der Waals surface area contributed by atoms with Crippen LogP contribution in [0, 0.1) is 0 Å². The first-order valence-electron chi connectivity index (χ1n) is 7.38. The molecule has 2 aromatic heterocycles. The van der Waals surface area contributed by atoms with Gasteiger partial charge in [0.15, 0.2) is 5.69 Å². The molecule has 0 aromatic carbocycles. The lowest BCUT2D eigenvalue weighted by molar-refractivity contribution is 0.0378. The quantitative estimate of drug-likeness (QED) is 0.773. The van der Waals surface area contributed by atoms with Crippen molar-refractivity contribution < 1.29 is 4.74 Å². The molecular formula is C14H19N5O2S. The summed E-state index contributed by atoms with van der Waals surface area (Å²) in [6.07, 6.45) is 0.983. The summed E-state index contributed by atoms with van der Waals surface area (Å²) in [5.74, 6) is 0.423. The molecule has 0 atom stereocenters. The van der Waals surface area contributed by atoms with E-state index < -0.39 is 0 Å². The van der Waals surface area contributed by atoms with E-state index in [-0.39, 0.29) is 5.56 Å². The summed E-state index contributed by atoms with van der Waals surface area (Å²) < 4.78 is 5.32. The second kappa shape index (κ2) is 7.48. The van der Waals surface area contributed by atoms with Crippen molar-refractivity contribution in [2.45, 2.75) is 6.42 Å². The maximum Gasteiger partial charge on any atom is 0.279 e. The van der Waals surface area contributed by atoms with E-state index in [2.05, 4.69) is 25.4 Å². The number of ether oxygens (including phenoxy) is 1. The van der Waals surface area contributed by atoms with Gasteiger partial charge in [-0.1, -0.05) is 6.07 Å². The molecule has 1 aliphatic heterocycles. The number of morpholine rings is 1. The molecule has 0 aliphatic carbocycles. The fourth-order valence-corrected chi connectivity index (χ4v) is 3.03. The Morgan fingerprint density at radius 3 is 2.95 bits per heavy atom. The van der Waals surface area contributed by atoms with Crippen molar-refractivity contribution in [1.82, 2.24) is 20.1 Å². The summed E-state index contributed by atoms with van der Waals surface area (Å²) in [5, 5.41) is 13.1. The molecule has 118 valence electrons. The molecule has 0 spiro atoms. The van der Waals surface area contributed by atoms with Gasteiger partial charge in [0.25, 0.3) is 5.56 Å². The number of thiophene rings is 1. The molecule has 0 radical (unpaired) electrons. The van der Waals surface area contributed by atoms with Gasteiger partial charge in [-0.15, -0.1) is 21.5 Å². The van der Waals surface area contributed by atoms with Crippen LogP contribution in [0.2, 0.25) is 0 Å². The highest BCUT2D eigenvalue weighted by atomic mass is 32.1. The van der Waals surface area contributed by atoms with E-state index in [9.17, 15) is 4.79 Å². The van der Waals surface area contributed by atoms with Crippen LogP contribution >= 0.6 is 11.3 Å². The van der Waals surface area contributed by atoms with Crippen molar-refractivity contribution >= 4 is 17.3 Å². The summed E-state index contributed by atoms with van der Waals surface area (Å²) in [5.41, 5.74) is 0.155. The van der Waals surface area contributed by atoms with Crippen molar-refractivity contribution in [1.29, 1.82) is 0 Å². The normalized spacial score (nSPS) is 15.8. The highest BCUT2D eigenvalue weighted by Crippen LogP contribution is 2.18. The summed E-state index contributed by atoms with van der Waals surface area (Å²) in [6.45, 7) is 5.38. The van der Waals surface area contributed by atoms with Crippen LogP contribution in [0.3, 0.4) is 0 Å². The van der Waals surface area contributed by atoms with Crippen LogP contribution < -0.4 is 10.9 Å². The third kappa shape index (κ3) is 3.90. The molecule has 2 N–H and O–H groups in total. The zero-order chi connectivity index (χ0) is 15.2. The standard InChI is InChI=1S/C14H19N5O2S/c20-13-12(11-3-1-10-22-11)17-18-14(16-13)15-4-2-5-19-6-8-21-9-7-19/h1,3,10H,2,4-9H2,(H2,15,16,18,20). The number of hydrogen-bond donors (Lipinski definition) is 2. The number of hydrogen-bond acceptors (Lipinski definition) is 7. The minimum atomic E-state index is -0.215. The van der Waals surface area contributed by atoms with Crippen LogP contribution in [-0.4, -0.2) is 59.5 Å². The van der Waals surface area contributed by atoms with Gasteiger partial charge in [0.05, 0.1) is 18.1 Å². The maximum atomic E-state index is 12.0. The minimum absolute atomic E-state index is 0.215. The molecule has 0 saturated carbocycles. The second-order valence-electron chi connectivity index (χ2n) is 5.06. The summed E-state index contributed by atoms with van der Waals surface area (Å²) in [6, 6.07) is 3.75. The second-order valence-corrected chi connectivity index (χ2v) is 6.01. The van der Waals surface area contributed by atoms with E-state index in [4.69, 9.17) is 4.74 Å². The Hall–Kier alpha value is -1.77. The summed E-state index contributed by atoms with van der Waals surface area (Å²) in [4.78, 5) is 17.9. The molecule has 8 heteroatoms. The zero-order valence-corrected chi connectivity index (χ0v) is 13.1. The molecule has 0 amide bonds. The Morgan fingerprint density at radius 2 is 2.23 bits per heavy atom. The van der Waals surface area contributed by atoms with Gasteiger partial charge in [0.2, 0.25) is 5.95 Å². The third-order valence-electron chi connectivity index (χ3n) is 3.50. The molecule has 0 bridgehead atoms. The van der Waals surface area contributed by atoms with E-state index in [1.165, 1.54) is 11.3 Å². The van der Waals surface area contributed by atoms with Gasteiger partial charge in [-0.3, -0.25) is 14.7 Å². The smallest absolute Gasteiger partial charge is 0.279 e. The highest BCUT2D eigenvalue weighted by Gasteiger charge is 2.10. The predicted octanol–water partition coefficient (Wildman–Crippen LogP) is 1.03. The summed E-state index contributed by atoms with van der Waals surface area (Å²) >= 11 is 1.47. The van der Waals surface area contributed by atoms with Crippen LogP contribution in [0.15, 0.2) is 22.3 Å². The molecule has 0 unspecified atom stereocenters. The number of anilines is 1. The van der Waals surface area contributed by atoms with Crippen LogP contribution in [-0.2, 0) is 4.74 Å². The van der Waals surface area contributed by atoms with Crippen LogP contribution in [0.25, 0.3) is 10.6 Å². The van der Waals surface area contributed by atoms with E-state index in [1.54, 1.807) is 0 Å². The van der Waals surface area contributed by atoms with Gasteiger partial charge in [0.1, 0.15) is 0 Å². The van der Waals surface area contributed by atoms with Gasteiger partial charge in [-0.2, -0.15) is 0 Å². The largest absolute Gasteiger partial charge is 0.379 e. The van der Waals surface area contributed by atoms with Crippen molar-refractivity contribution in [3.63, 3.8) is 0 Å². The fourth-order valence-electron chi connectivity index (χ4n) is 2.33. The lowest BCUT2D eigenvalue weighted by Crippen LogP contribution is -2.37. The van der Waals surface area contributed by atoms with Gasteiger partial charge in [0, 0.05) is 19.6 Å². The zero-order valence-electron chi connectivity index (χ0n) is 12.2. The van der Waals surface area contributed by atoms with Gasteiger partial charge >= 0.3 is 0 Å². The predicted molar refractivity (Wildman–Crippen MR) is 86.3 cm³/mol. The minimum Gasteiger partial charge on any atom is -0.379 e. The average Bonchev–Trinajstić information content (AvgIpc) is 3.07. The van der Waals surface area contributed by atoms with Crippen molar-refractivity contribution in [3.8, 4) is 10.6 Å². The molecule has 22 heavy (non-hydrogen) atoms. The van der Waals surface area contributed by atoms with Gasteiger partial charge < -0.3 is 10.1 Å².